The highest BCUT2D eigenvalue weighted by atomic mass is 16.5. The molecule has 0 aromatic carbocycles. The van der Waals surface area contributed by atoms with Gasteiger partial charge in [0.25, 0.3) is 0 Å². The standard InChI is InChI=1S/C16H26N4O3/c1-10(14-11(2)20-23-12(14)3)19-16(22)18-9-8-17-15(21)13-6-4-5-7-13/h10,13H,4-9H2,1-3H3,(H,17,21)(H2,18,19,22)/t10-/m0/s1. The Hall–Kier alpha value is -2.05. The number of hydrogen-bond donors (Lipinski definition) is 3. The second-order valence-corrected chi connectivity index (χ2v) is 6.13. The summed E-state index contributed by atoms with van der Waals surface area (Å²) in [4.78, 5) is 23.7. The van der Waals surface area contributed by atoms with Gasteiger partial charge in [0.15, 0.2) is 0 Å². The van der Waals surface area contributed by atoms with E-state index in [1.165, 1.54) is 0 Å². The molecule has 1 aromatic heterocycles. The van der Waals surface area contributed by atoms with Crippen LogP contribution in [0.4, 0.5) is 4.79 Å². The molecular weight excluding hydrogens is 296 g/mol. The van der Waals surface area contributed by atoms with Crippen LogP contribution in [0, 0.1) is 19.8 Å². The predicted molar refractivity (Wildman–Crippen MR) is 85.9 cm³/mol. The van der Waals surface area contributed by atoms with Gasteiger partial charge in [-0.2, -0.15) is 0 Å². The van der Waals surface area contributed by atoms with Gasteiger partial charge >= 0.3 is 6.03 Å². The van der Waals surface area contributed by atoms with Gasteiger partial charge < -0.3 is 20.5 Å². The summed E-state index contributed by atoms with van der Waals surface area (Å²) >= 11 is 0. The number of amides is 3. The first kappa shape index (κ1) is 17.3. The molecule has 1 saturated carbocycles. The summed E-state index contributed by atoms with van der Waals surface area (Å²) in [6.07, 6.45) is 4.24. The molecule has 0 radical (unpaired) electrons. The van der Waals surface area contributed by atoms with Gasteiger partial charge in [-0.25, -0.2) is 4.79 Å². The molecule has 3 N–H and O–H groups in total. The molecule has 1 aliphatic carbocycles. The van der Waals surface area contributed by atoms with Crippen molar-refractivity contribution in [3.05, 3.63) is 17.0 Å². The maximum absolute atomic E-state index is 11.9. The Labute approximate surface area is 136 Å². The first-order valence-corrected chi connectivity index (χ1v) is 8.24. The second kappa shape index (κ2) is 7.99. The van der Waals surface area contributed by atoms with Crippen LogP contribution in [-0.2, 0) is 4.79 Å². The number of nitrogens with zero attached hydrogens (tertiary/aromatic N) is 1. The van der Waals surface area contributed by atoms with Crippen LogP contribution in [0.2, 0.25) is 0 Å². The van der Waals surface area contributed by atoms with Crippen LogP contribution >= 0.6 is 0 Å². The van der Waals surface area contributed by atoms with Gasteiger partial charge in [-0.15, -0.1) is 0 Å². The van der Waals surface area contributed by atoms with Crippen molar-refractivity contribution in [1.82, 2.24) is 21.1 Å². The van der Waals surface area contributed by atoms with Crippen LogP contribution in [0.25, 0.3) is 0 Å². The lowest BCUT2D eigenvalue weighted by molar-refractivity contribution is -0.124. The summed E-state index contributed by atoms with van der Waals surface area (Å²) in [7, 11) is 0. The van der Waals surface area contributed by atoms with E-state index in [-0.39, 0.29) is 23.9 Å². The van der Waals surface area contributed by atoms with Crippen LogP contribution < -0.4 is 16.0 Å². The Morgan fingerprint density at radius 3 is 2.48 bits per heavy atom. The quantitative estimate of drug-likeness (QED) is 0.698. The smallest absolute Gasteiger partial charge is 0.315 e. The number of hydrogen-bond acceptors (Lipinski definition) is 4. The molecule has 0 spiro atoms. The van der Waals surface area contributed by atoms with Crippen LogP contribution in [0.15, 0.2) is 4.52 Å². The van der Waals surface area contributed by atoms with Crippen LogP contribution in [-0.4, -0.2) is 30.2 Å². The molecule has 128 valence electrons. The summed E-state index contributed by atoms with van der Waals surface area (Å²) in [6.45, 7) is 6.40. The molecule has 7 nitrogen and oxygen atoms in total. The van der Waals surface area contributed by atoms with E-state index < -0.39 is 0 Å². The number of urea groups is 1. The Morgan fingerprint density at radius 1 is 1.22 bits per heavy atom. The number of aromatic nitrogens is 1. The summed E-state index contributed by atoms with van der Waals surface area (Å²) < 4.78 is 5.10. The molecule has 3 amide bonds. The summed E-state index contributed by atoms with van der Waals surface area (Å²) in [5, 5.41) is 12.3. The average molecular weight is 322 g/mol. The maximum Gasteiger partial charge on any atom is 0.315 e. The van der Waals surface area contributed by atoms with Gasteiger partial charge in [0.05, 0.1) is 11.7 Å². The molecule has 1 fully saturated rings. The lowest BCUT2D eigenvalue weighted by Gasteiger charge is -2.15. The van der Waals surface area contributed by atoms with Gasteiger partial charge in [-0.3, -0.25) is 4.79 Å². The van der Waals surface area contributed by atoms with Gasteiger partial charge in [0, 0.05) is 24.6 Å². The minimum atomic E-state index is -0.271. The molecule has 0 saturated heterocycles. The molecule has 7 heteroatoms. The minimum absolute atomic E-state index is 0.105. The highest BCUT2D eigenvalue weighted by molar-refractivity contribution is 5.79. The highest BCUT2D eigenvalue weighted by Gasteiger charge is 2.22. The normalized spacial score (nSPS) is 16.1. The van der Waals surface area contributed by atoms with Crippen molar-refractivity contribution >= 4 is 11.9 Å². The van der Waals surface area contributed by atoms with E-state index >= 15 is 0 Å². The average Bonchev–Trinajstić information content (AvgIpc) is 3.13. The summed E-state index contributed by atoms with van der Waals surface area (Å²) in [5.41, 5.74) is 1.67. The summed E-state index contributed by atoms with van der Waals surface area (Å²) in [5.74, 6) is 0.969. The highest BCUT2D eigenvalue weighted by Crippen LogP contribution is 2.24. The molecule has 2 rings (SSSR count). The van der Waals surface area contributed by atoms with Gasteiger partial charge in [-0.05, 0) is 33.6 Å². The molecule has 0 bridgehead atoms. The Kier molecular flexibility index (Phi) is 6.01. The third kappa shape index (κ3) is 4.71. The zero-order valence-corrected chi connectivity index (χ0v) is 14.1. The molecule has 23 heavy (non-hydrogen) atoms. The van der Waals surface area contributed by atoms with E-state index in [2.05, 4.69) is 21.1 Å². The third-order valence-corrected chi connectivity index (χ3v) is 4.30. The van der Waals surface area contributed by atoms with Gasteiger partial charge in [0.2, 0.25) is 5.91 Å². The third-order valence-electron chi connectivity index (χ3n) is 4.30. The molecular formula is C16H26N4O3. The van der Waals surface area contributed by atoms with Crippen molar-refractivity contribution in [2.75, 3.05) is 13.1 Å². The zero-order valence-electron chi connectivity index (χ0n) is 14.1. The molecule has 0 aliphatic heterocycles. The van der Waals surface area contributed by atoms with Crippen molar-refractivity contribution < 1.29 is 14.1 Å². The topological polar surface area (TPSA) is 96.3 Å². The van der Waals surface area contributed by atoms with E-state index in [0.29, 0.717) is 18.8 Å². The predicted octanol–water partition coefficient (Wildman–Crippen LogP) is 1.96. The maximum atomic E-state index is 11.9. The van der Waals surface area contributed by atoms with Crippen LogP contribution in [0.3, 0.4) is 0 Å². The fraction of sp³-hybridized carbons (Fsp3) is 0.688. The molecule has 1 atom stereocenters. The Bertz CT molecular complexity index is 530. The Balaban J connectivity index is 1.66. The molecule has 1 aromatic rings. The van der Waals surface area contributed by atoms with Crippen molar-refractivity contribution in [1.29, 1.82) is 0 Å². The minimum Gasteiger partial charge on any atom is -0.361 e. The number of rotatable bonds is 6. The molecule has 0 unspecified atom stereocenters. The van der Waals surface area contributed by atoms with Crippen LogP contribution in [0.1, 0.15) is 55.7 Å². The number of aryl methyl sites for hydroxylation is 2. The Morgan fingerprint density at radius 2 is 1.87 bits per heavy atom. The van der Waals surface area contributed by atoms with Crippen molar-refractivity contribution in [3.8, 4) is 0 Å². The summed E-state index contributed by atoms with van der Waals surface area (Å²) in [6, 6.07) is -0.457. The monoisotopic (exact) mass is 322 g/mol. The fourth-order valence-corrected chi connectivity index (χ4v) is 3.12. The first-order valence-electron chi connectivity index (χ1n) is 8.24. The zero-order chi connectivity index (χ0) is 16.8. The SMILES string of the molecule is Cc1noc(C)c1[C@H](C)NC(=O)NCCNC(=O)C1CCCC1. The molecule has 1 heterocycles. The van der Waals surface area contributed by atoms with Gasteiger partial charge in [-0.1, -0.05) is 18.0 Å². The van der Waals surface area contributed by atoms with E-state index in [0.717, 1.165) is 36.9 Å². The first-order chi connectivity index (χ1) is 11.0. The van der Waals surface area contributed by atoms with Crippen molar-refractivity contribution in [2.24, 2.45) is 5.92 Å². The van der Waals surface area contributed by atoms with Crippen molar-refractivity contribution in [2.45, 2.75) is 52.5 Å². The molecule has 1 aliphatic rings. The number of carbonyl (C=O) groups is 2. The number of nitrogens with one attached hydrogen (secondary N) is 3. The van der Waals surface area contributed by atoms with E-state index in [1.54, 1.807) is 0 Å². The van der Waals surface area contributed by atoms with E-state index in [4.69, 9.17) is 4.52 Å². The van der Waals surface area contributed by atoms with E-state index in [1.807, 2.05) is 20.8 Å². The van der Waals surface area contributed by atoms with Crippen LogP contribution in [0.5, 0.6) is 0 Å². The lowest BCUT2D eigenvalue weighted by atomic mass is 10.1. The lowest BCUT2D eigenvalue weighted by Crippen LogP contribution is -2.42. The van der Waals surface area contributed by atoms with E-state index in [9.17, 15) is 9.59 Å². The fourth-order valence-electron chi connectivity index (χ4n) is 3.12. The second-order valence-electron chi connectivity index (χ2n) is 6.13. The van der Waals surface area contributed by atoms with Gasteiger partial charge in [0.1, 0.15) is 5.76 Å². The number of carbonyl (C=O) groups excluding carboxylic acids is 2. The van der Waals surface area contributed by atoms with Crippen molar-refractivity contribution in [3.63, 3.8) is 0 Å². The largest absolute Gasteiger partial charge is 0.361 e.